The lowest BCUT2D eigenvalue weighted by Gasteiger charge is -2.10. The number of rotatable bonds is 8. The number of nitrogens with zero attached hydrogens (tertiary/aromatic N) is 1. The molecule has 0 aromatic carbocycles. The lowest BCUT2D eigenvalue weighted by molar-refractivity contribution is 0.575. The van der Waals surface area contributed by atoms with Crippen LogP contribution in [-0.2, 0) is 20.0 Å². The van der Waals surface area contributed by atoms with Gasteiger partial charge in [-0.2, -0.15) is 0 Å². The maximum atomic E-state index is 12.0. The first-order valence-electron chi connectivity index (χ1n) is 5.83. The largest absolute Gasteiger partial charge is 0.372 e. The zero-order chi connectivity index (χ0) is 15.2. The van der Waals surface area contributed by atoms with Crippen LogP contribution in [0.2, 0.25) is 0 Å². The predicted octanol–water partition coefficient (Wildman–Crippen LogP) is -0.659. The van der Waals surface area contributed by atoms with Crippen LogP contribution in [0, 0.1) is 0 Å². The lowest BCUT2D eigenvalue weighted by Crippen LogP contribution is -2.29. The Labute approximate surface area is 119 Å². The van der Waals surface area contributed by atoms with E-state index in [2.05, 4.69) is 19.7 Å². The first kappa shape index (κ1) is 16.8. The SMILES string of the molecule is CNc1ncccc1S(=O)(=O)NCCCNS(C)(=O)=O. The Bertz CT molecular complexity index is 643. The first-order chi connectivity index (χ1) is 9.26. The molecule has 0 spiro atoms. The van der Waals surface area contributed by atoms with Crippen LogP contribution in [0.1, 0.15) is 6.42 Å². The lowest BCUT2D eigenvalue weighted by atomic mass is 10.4. The molecule has 0 radical (unpaired) electrons. The van der Waals surface area contributed by atoms with E-state index in [9.17, 15) is 16.8 Å². The second kappa shape index (κ2) is 6.97. The van der Waals surface area contributed by atoms with Crippen molar-refractivity contribution in [1.29, 1.82) is 0 Å². The van der Waals surface area contributed by atoms with Gasteiger partial charge in [-0.3, -0.25) is 0 Å². The number of anilines is 1. The highest BCUT2D eigenvalue weighted by atomic mass is 32.2. The molecule has 114 valence electrons. The summed E-state index contributed by atoms with van der Waals surface area (Å²) in [6.07, 6.45) is 2.88. The molecule has 10 heteroatoms. The topological polar surface area (TPSA) is 117 Å². The van der Waals surface area contributed by atoms with Crippen molar-refractivity contribution in [2.75, 3.05) is 31.7 Å². The van der Waals surface area contributed by atoms with Gasteiger partial charge in [0.1, 0.15) is 10.7 Å². The summed E-state index contributed by atoms with van der Waals surface area (Å²) in [6.45, 7) is 0.302. The van der Waals surface area contributed by atoms with Gasteiger partial charge in [0.15, 0.2) is 0 Å². The van der Waals surface area contributed by atoms with E-state index in [-0.39, 0.29) is 23.8 Å². The minimum absolute atomic E-state index is 0.0542. The van der Waals surface area contributed by atoms with Crippen LogP contribution in [0.5, 0.6) is 0 Å². The van der Waals surface area contributed by atoms with E-state index in [4.69, 9.17) is 0 Å². The molecule has 0 aliphatic carbocycles. The highest BCUT2D eigenvalue weighted by Gasteiger charge is 2.17. The quantitative estimate of drug-likeness (QED) is 0.547. The Kier molecular flexibility index (Phi) is 5.87. The van der Waals surface area contributed by atoms with Gasteiger partial charge in [-0.15, -0.1) is 0 Å². The summed E-state index contributed by atoms with van der Waals surface area (Å²) in [5.41, 5.74) is 0. The minimum Gasteiger partial charge on any atom is -0.372 e. The molecule has 1 rings (SSSR count). The van der Waals surface area contributed by atoms with E-state index in [1.54, 1.807) is 7.05 Å². The highest BCUT2D eigenvalue weighted by molar-refractivity contribution is 7.89. The molecule has 1 aromatic heterocycles. The van der Waals surface area contributed by atoms with E-state index < -0.39 is 20.0 Å². The van der Waals surface area contributed by atoms with E-state index in [1.165, 1.54) is 18.3 Å². The smallest absolute Gasteiger partial charge is 0.244 e. The molecule has 20 heavy (non-hydrogen) atoms. The third-order valence-electron chi connectivity index (χ3n) is 2.31. The highest BCUT2D eigenvalue weighted by Crippen LogP contribution is 2.16. The summed E-state index contributed by atoms with van der Waals surface area (Å²) in [5.74, 6) is 0.259. The van der Waals surface area contributed by atoms with Crippen LogP contribution in [0.25, 0.3) is 0 Å². The number of aromatic nitrogens is 1. The van der Waals surface area contributed by atoms with Gasteiger partial charge in [-0.1, -0.05) is 0 Å². The van der Waals surface area contributed by atoms with Crippen molar-refractivity contribution in [3.05, 3.63) is 18.3 Å². The molecule has 0 aliphatic heterocycles. The Morgan fingerprint density at radius 3 is 2.40 bits per heavy atom. The van der Waals surface area contributed by atoms with Gasteiger partial charge in [0.25, 0.3) is 0 Å². The third kappa shape index (κ3) is 5.41. The molecule has 0 bridgehead atoms. The fraction of sp³-hybridized carbons (Fsp3) is 0.500. The summed E-state index contributed by atoms with van der Waals surface area (Å²) in [7, 11) is -5.34. The molecule has 8 nitrogen and oxygen atoms in total. The molecular formula is C10H18N4O4S2. The zero-order valence-corrected chi connectivity index (χ0v) is 12.9. The van der Waals surface area contributed by atoms with Gasteiger partial charge in [-0.25, -0.2) is 31.3 Å². The molecule has 0 saturated heterocycles. The number of hydrogen-bond acceptors (Lipinski definition) is 6. The average Bonchev–Trinajstić information content (AvgIpc) is 2.36. The summed E-state index contributed by atoms with van der Waals surface area (Å²) in [5, 5.41) is 2.70. The van der Waals surface area contributed by atoms with Crippen molar-refractivity contribution >= 4 is 25.9 Å². The fourth-order valence-electron chi connectivity index (χ4n) is 1.43. The Balaban J connectivity index is 2.58. The average molecular weight is 322 g/mol. The zero-order valence-electron chi connectivity index (χ0n) is 11.3. The second-order valence-corrected chi connectivity index (χ2v) is 7.59. The van der Waals surface area contributed by atoms with Crippen molar-refractivity contribution in [3.8, 4) is 0 Å². The van der Waals surface area contributed by atoms with Crippen molar-refractivity contribution in [3.63, 3.8) is 0 Å². The normalized spacial score (nSPS) is 12.3. The van der Waals surface area contributed by atoms with Crippen LogP contribution < -0.4 is 14.8 Å². The Morgan fingerprint density at radius 1 is 1.15 bits per heavy atom. The van der Waals surface area contributed by atoms with Gasteiger partial charge in [0, 0.05) is 26.3 Å². The monoisotopic (exact) mass is 322 g/mol. The molecule has 0 unspecified atom stereocenters. The van der Waals surface area contributed by atoms with E-state index in [0.29, 0.717) is 6.42 Å². The number of nitrogens with one attached hydrogen (secondary N) is 3. The summed E-state index contributed by atoms with van der Waals surface area (Å²) in [6, 6.07) is 2.97. The van der Waals surface area contributed by atoms with Gasteiger partial charge >= 0.3 is 0 Å². The Hall–Kier alpha value is -1.23. The molecule has 1 aromatic rings. The fourth-order valence-corrected chi connectivity index (χ4v) is 3.18. The van der Waals surface area contributed by atoms with E-state index >= 15 is 0 Å². The van der Waals surface area contributed by atoms with Gasteiger partial charge in [0.05, 0.1) is 6.26 Å². The number of pyridine rings is 1. The van der Waals surface area contributed by atoms with Crippen molar-refractivity contribution in [1.82, 2.24) is 14.4 Å². The van der Waals surface area contributed by atoms with Crippen molar-refractivity contribution in [2.45, 2.75) is 11.3 Å². The first-order valence-corrected chi connectivity index (χ1v) is 9.21. The molecule has 0 aliphatic rings. The molecule has 0 amide bonds. The number of hydrogen-bond donors (Lipinski definition) is 3. The maximum Gasteiger partial charge on any atom is 0.244 e. The maximum absolute atomic E-state index is 12.0. The summed E-state index contributed by atoms with van der Waals surface area (Å²) < 4.78 is 50.4. The molecule has 0 saturated carbocycles. The molecule has 1 heterocycles. The summed E-state index contributed by atoms with van der Waals surface area (Å²) in [4.78, 5) is 3.97. The third-order valence-corrected chi connectivity index (χ3v) is 4.53. The minimum atomic E-state index is -3.67. The van der Waals surface area contributed by atoms with E-state index in [1.807, 2.05) is 0 Å². The summed E-state index contributed by atoms with van der Waals surface area (Å²) >= 11 is 0. The second-order valence-electron chi connectivity index (χ2n) is 4.02. The molecule has 0 atom stereocenters. The van der Waals surface area contributed by atoms with Crippen molar-refractivity contribution < 1.29 is 16.8 Å². The van der Waals surface area contributed by atoms with Gasteiger partial charge in [-0.05, 0) is 18.6 Å². The predicted molar refractivity (Wildman–Crippen MR) is 76.4 cm³/mol. The molecule has 0 fully saturated rings. The van der Waals surface area contributed by atoms with Crippen molar-refractivity contribution in [2.24, 2.45) is 0 Å². The van der Waals surface area contributed by atoms with E-state index in [0.717, 1.165) is 6.26 Å². The molecule has 3 N–H and O–H groups in total. The van der Waals surface area contributed by atoms with Crippen LogP contribution in [0.3, 0.4) is 0 Å². The van der Waals surface area contributed by atoms with Crippen LogP contribution in [0.15, 0.2) is 23.2 Å². The standard InChI is InChI=1S/C10H18N4O4S2/c1-11-10-9(5-3-6-12-10)20(17,18)14-8-4-7-13-19(2,15)16/h3,5-6,13-14H,4,7-8H2,1-2H3,(H,11,12). The van der Waals surface area contributed by atoms with Crippen LogP contribution in [0.4, 0.5) is 5.82 Å². The Morgan fingerprint density at radius 2 is 1.80 bits per heavy atom. The number of sulfonamides is 2. The van der Waals surface area contributed by atoms with Crippen LogP contribution >= 0.6 is 0 Å². The molecular weight excluding hydrogens is 304 g/mol. The van der Waals surface area contributed by atoms with Gasteiger partial charge < -0.3 is 5.32 Å². The van der Waals surface area contributed by atoms with Crippen LogP contribution in [-0.4, -0.2) is 48.2 Å². The van der Waals surface area contributed by atoms with Gasteiger partial charge in [0.2, 0.25) is 20.0 Å².